The summed E-state index contributed by atoms with van der Waals surface area (Å²) in [6.07, 6.45) is 1.95. The second-order valence-corrected chi connectivity index (χ2v) is 2.05. The highest BCUT2D eigenvalue weighted by molar-refractivity contribution is 5.08. The maximum absolute atomic E-state index is 3.07. The monoisotopic (exact) mass is 138 g/mol. The van der Waals surface area contributed by atoms with Crippen LogP contribution >= 0.6 is 0 Å². The molecule has 0 bridgehead atoms. The Morgan fingerprint density at radius 3 is 2.10 bits per heavy atom. The second kappa shape index (κ2) is 4.98. The summed E-state index contributed by atoms with van der Waals surface area (Å²) >= 11 is 0. The lowest BCUT2D eigenvalue weighted by atomic mass is 10.3. The zero-order chi connectivity index (χ0) is 7.98. The molecule has 10 heavy (non-hydrogen) atoms. The van der Waals surface area contributed by atoms with Gasteiger partial charge in [0.05, 0.1) is 0 Å². The molecule has 0 saturated heterocycles. The number of aromatic nitrogens is 1. The van der Waals surface area contributed by atoms with Crippen LogP contribution < -0.4 is 4.98 Å². The maximum atomic E-state index is 3.07. The number of nitrogens with one attached hydrogen (secondary N) is 1. The molecule has 1 aromatic heterocycles. The van der Waals surface area contributed by atoms with Gasteiger partial charge in [-0.05, 0) is 12.5 Å². The predicted octanol–water partition coefficient (Wildman–Crippen LogP) is 2.14. The smallest absolute Gasteiger partial charge is 0.176 e. The summed E-state index contributed by atoms with van der Waals surface area (Å²) in [6.45, 7) is 8.13. The Labute approximate surface area is 63.1 Å². The number of hydrogen-bond donors (Lipinski definition) is 0. The van der Waals surface area contributed by atoms with Gasteiger partial charge in [0.2, 0.25) is 0 Å². The van der Waals surface area contributed by atoms with Crippen molar-refractivity contribution >= 4 is 0 Å². The quantitative estimate of drug-likeness (QED) is 0.521. The van der Waals surface area contributed by atoms with Gasteiger partial charge in [0.25, 0.3) is 0 Å². The van der Waals surface area contributed by atoms with Crippen molar-refractivity contribution in [1.82, 2.24) is 0 Å². The van der Waals surface area contributed by atoms with Gasteiger partial charge in [-0.15, -0.1) is 0 Å². The summed E-state index contributed by atoms with van der Waals surface area (Å²) in [5.41, 5.74) is 2.52. The summed E-state index contributed by atoms with van der Waals surface area (Å²) in [5, 5.41) is 0. The third-order valence-electron chi connectivity index (χ3n) is 1.10. The predicted molar refractivity (Wildman–Crippen MR) is 43.8 cm³/mol. The first-order valence-corrected chi connectivity index (χ1v) is 3.74. The molecule has 0 fully saturated rings. The first kappa shape index (κ1) is 9.15. The van der Waals surface area contributed by atoms with Crippen molar-refractivity contribution < 1.29 is 4.98 Å². The van der Waals surface area contributed by atoms with Crippen LogP contribution in [-0.2, 0) is 0 Å². The molecular weight excluding hydrogens is 122 g/mol. The van der Waals surface area contributed by atoms with E-state index in [4.69, 9.17) is 0 Å². The highest BCUT2D eigenvalue weighted by atomic mass is 14.6. The maximum Gasteiger partial charge on any atom is 0.176 e. The van der Waals surface area contributed by atoms with Gasteiger partial charge in [0.1, 0.15) is 0 Å². The van der Waals surface area contributed by atoms with Crippen molar-refractivity contribution in [3.05, 3.63) is 29.6 Å². The molecule has 0 saturated carbocycles. The van der Waals surface area contributed by atoms with Crippen LogP contribution in [0.25, 0.3) is 0 Å². The lowest BCUT2D eigenvalue weighted by molar-refractivity contribution is -0.387. The Hall–Kier alpha value is -0.850. The number of pyridine rings is 1. The molecule has 0 aromatic carbocycles. The lowest BCUT2D eigenvalue weighted by Crippen LogP contribution is -2.04. The van der Waals surface area contributed by atoms with Crippen molar-refractivity contribution in [2.24, 2.45) is 0 Å². The Morgan fingerprint density at radius 2 is 1.80 bits per heavy atom. The average Bonchev–Trinajstić information content (AvgIpc) is 1.91. The van der Waals surface area contributed by atoms with E-state index in [1.807, 2.05) is 33.0 Å². The van der Waals surface area contributed by atoms with E-state index in [-0.39, 0.29) is 0 Å². The first-order chi connectivity index (χ1) is 4.79. The van der Waals surface area contributed by atoms with Crippen LogP contribution in [-0.4, -0.2) is 0 Å². The van der Waals surface area contributed by atoms with Crippen LogP contribution in [0.15, 0.2) is 18.3 Å². The van der Waals surface area contributed by atoms with Gasteiger partial charge in [-0.25, -0.2) is 4.98 Å². The summed E-state index contributed by atoms with van der Waals surface area (Å²) < 4.78 is 0. The van der Waals surface area contributed by atoms with Gasteiger partial charge < -0.3 is 0 Å². The topological polar surface area (TPSA) is 14.1 Å². The minimum Gasteiger partial charge on any atom is -0.215 e. The average molecular weight is 138 g/mol. The highest BCUT2D eigenvalue weighted by Gasteiger charge is 1.88. The van der Waals surface area contributed by atoms with Crippen molar-refractivity contribution in [3.8, 4) is 0 Å². The normalized spacial score (nSPS) is 8.00. The Balaban J connectivity index is 0.000000371. The van der Waals surface area contributed by atoms with E-state index in [1.54, 1.807) is 0 Å². The van der Waals surface area contributed by atoms with Crippen LogP contribution in [0.2, 0.25) is 0 Å². The molecule has 0 radical (unpaired) electrons. The van der Waals surface area contributed by atoms with Crippen LogP contribution in [0.5, 0.6) is 0 Å². The third kappa shape index (κ3) is 3.23. The van der Waals surface area contributed by atoms with Crippen LogP contribution in [0.4, 0.5) is 0 Å². The fourth-order valence-corrected chi connectivity index (χ4v) is 0.736. The fourth-order valence-electron chi connectivity index (χ4n) is 0.736. The van der Waals surface area contributed by atoms with Gasteiger partial charge in [0, 0.05) is 19.1 Å². The van der Waals surface area contributed by atoms with Gasteiger partial charge in [-0.2, -0.15) is 0 Å². The summed E-state index contributed by atoms with van der Waals surface area (Å²) in [7, 11) is 0. The molecule has 1 rings (SSSR count). The molecule has 1 N–H and O–H groups in total. The molecule has 0 aliphatic carbocycles. The summed E-state index contributed by atoms with van der Waals surface area (Å²) in [6, 6.07) is 4.16. The van der Waals surface area contributed by atoms with Crippen molar-refractivity contribution in [1.29, 1.82) is 0 Å². The molecule has 0 aliphatic rings. The third-order valence-corrected chi connectivity index (χ3v) is 1.10. The van der Waals surface area contributed by atoms with E-state index in [1.165, 1.54) is 11.3 Å². The zero-order valence-corrected chi connectivity index (χ0v) is 7.23. The SMILES string of the molecule is CC.Cc1cc[nH+]c(C)c1. The number of aromatic amines is 1. The number of rotatable bonds is 0. The molecule has 1 nitrogen and oxygen atoms in total. The van der Waals surface area contributed by atoms with E-state index in [0.29, 0.717) is 0 Å². The molecule has 0 spiro atoms. The minimum atomic E-state index is 1.21. The van der Waals surface area contributed by atoms with Crippen molar-refractivity contribution in [3.63, 3.8) is 0 Å². The molecule has 0 unspecified atom stereocenters. The minimum absolute atomic E-state index is 1.21. The Bertz CT molecular complexity index is 165. The van der Waals surface area contributed by atoms with E-state index in [0.717, 1.165) is 0 Å². The van der Waals surface area contributed by atoms with E-state index in [2.05, 4.69) is 18.0 Å². The Kier molecular flexibility index (Phi) is 4.55. The van der Waals surface area contributed by atoms with Crippen LogP contribution in [0.1, 0.15) is 25.1 Å². The fraction of sp³-hybridized carbons (Fsp3) is 0.444. The largest absolute Gasteiger partial charge is 0.215 e. The highest BCUT2D eigenvalue weighted by Crippen LogP contribution is 1.92. The Morgan fingerprint density at radius 1 is 1.20 bits per heavy atom. The van der Waals surface area contributed by atoms with Gasteiger partial charge in [-0.3, -0.25) is 0 Å². The molecule has 1 heterocycles. The molecule has 1 heteroatoms. The second-order valence-electron chi connectivity index (χ2n) is 2.05. The molecule has 0 amide bonds. The summed E-state index contributed by atoms with van der Waals surface area (Å²) in [5.74, 6) is 0. The van der Waals surface area contributed by atoms with Gasteiger partial charge in [-0.1, -0.05) is 13.8 Å². The number of H-pyrrole nitrogens is 1. The van der Waals surface area contributed by atoms with Gasteiger partial charge >= 0.3 is 0 Å². The zero-order valence-electron chi connectivity index (χ0n) is 7.23. The molecule has 0 aliphatic heterocycles. The summed E-state index contributed by atoms with van der Waals surface area (Å²) in [4.78, 5) is 3.07. The standard InChI is InChI=1S/C7H9N.C2H6/c1-6-3-4-8-7(2)5-6;1-2/h3-5H,1-2H3;1-2H3/p+1. The first-order valence-electron chi connectivity index (χ1n) is 3.74. The molecular formula is C9H16N+. The van der Waals surface area contributed by atoms with Gasteiger partial charge in [0.15, 0.2) is 11.9 Å². The number of hydrogen-bond acceptors (Lipinski definition) is 0. The number of aryl methyl sites for hydroxylation is 2. The molecule has 56 valence electrons. The van der Waals surface area contributed by atoms with E-state index in [9.17, 15) is 0 Å². The van der Waals surface area contributed by atoms with E-state index >= 15 is 0 Å². The van der Waals surface area contributed by atoms with Crippen molar-refractivity contribution in [2.45, 2.75) is 27.7 Å². The van der Waals surface area contributed by atoms with Crippen molar-refractivity contribution in [2.75, 3.05) is 0 Å². The van der Waals surface area contributed by atoms with E-state index < -0.39 is 0 Å². The molecule has 0 atom stereocenters. The molecule has 1 aromatic rings. The van der Waals surface area contributed by atoms with Crippen LogP contribution in [0, 0.1) is 13.8 Å². The van der Waals surface area contributed by atoms with Crippen LogP contribution in [0.3, 0.4) is 0 Å². The lowest BCUT2D eigenvalue weighted by Gasteiger charge is -1.84.